The molecule has 1 N–H and O–H groups in total. The highest BCUT2D eigenvalue weighted by Gasteiger charge is 2.33. The first-order valence-electron chi connectivity index (χ1n) is 8.01. The van der Waals surface area contributed by atoms with Crippen molar-refractivity contribution >= 4 is 27.3 Å². The Labute approximate surface area is 155 Å². The second kappa shape index (κ2) is 7.33. The first-order chi connectivity index (χ1) is 12.8. The minimum absolute atomic E-state index is 0.0260. The van der Waals surface area contributed by atoms with Crippen molar-refractivity contribution in [2.75, 3.05) is 18.6 Å². The van der Waals surface area contributed by atoms with Gasteiger partial charge in [0.25, 0.3) is 5.69 Å². The summed E-state index contributed by atoms with van der Waals surface area (Å²) >= 11 is 0. The molecule has 0 saturated carbocycles. The fourth-order valence-corrected chi connectivity index (χ4v) is 4.06. The Morgan fingerprint density at radius 2 is 1.78 bits per heavy atom. The average Bonchev–Trinajstić information content (AvgIpc) is 3.01. The molecule has 2 aromatic carbocycles. The molecule has 142 valence electrons. The van der Waals surface area contributed by atoms with Crippen LogP contribution in [0.25, 0.3) is 0 Å². The van der Waals surface area contributed by atoms with E-state index in [0.29, 0.717) is 11.4 Å². The summed E-state index contributed by atoms with van der Waals surface area (Å²) in [6.45, 7) is 0.192. The number of carbonyl (C=O) groups is 1. The summed E-state index contributed by atoms with van der Waals surface area (Å²) in [4.78, 5) is 23.7. The number of methoxy groups -OCH3 is 1. The lowest BCUT2D eigenvalue weighted by atomic mass is 10.3. The summed E-state index contributed by atoms with van der Waals surface area (Å²) in [5, 5.41) is 10.7. The first-order valence-corrected chi connectivity index (χ1v) is 9.49. The van der Waals surface area contributed by atoms with Crippen LogP contribution >= 0.6 is 0 Å². The molecule has 9 nitrogen and oxygen atoms in total. The molecule has 1 atom stereocenters. The van der Waals surface area contributed by atoms with E-state index in [1.807, 2.05) is 0 Å². The number of anilines is 1. The van der Waals surface area contributed by atoms with E-state index in [-0.39, 0.29) is 29.5 Å². The van der Waals surface area contributed by atoms with Gasteiger partial charge in [-0.15, -0.1) is 0 Å². The molecule has 10 heteroatoms. The predicted molar refractivity (Wildman–Crippen MR) is 97.2 cm³/mol. The van der Waals surface area contributed by atoms with Gasteiger partial charge in [-0.1, -0.05) is 0 Å². The maximum atomic E-state index is 12.5. The zero-order valence-electron chi connectivity index (χ0n) is 14.4. The van der Waals surface area contributed by atoms with Crippen LogP contribution in [-0.4, -0.2) is 38.9 Å². The fourth-order valence-electron chi connectivity index (χ4n) is 2.83. The van der Waals surface area contributed by atoms with E-state index in [9.17, 15) is 23.3 Å². The Kier molecular flexibility index (Phi) is 5.10. The summed E-state index contributed by atoms with van der Waals surface area (Å²) in [5.74, 6) is 0.456. The molecule has 1 aliphatic heterocycles. The number of nitrogens with one attached hydrogen (secondary N) is 1. The monoisotopic (exact) mass is 391 g/mol. The molecule has 0 spiro atoms. The molecule has 1 amide bonds. The zero-order valence-corrected chi connectivity index (χ0v) is 15.2. The molecule has 1 fully saturated rings. The maximum Gasteiger partial charge on any atom is 0.269 e. The standard InChI is InChI=1S/C17H17N3O6S/c1-26-15-6-2-13(3-7-15)19-11-12(10-17(19)21)18-27(24,25)16-8-4-14(5-9-16)20(22)23/h2-9,12,18H,10-11H2,1H3/t12-/m1/s1. The summed E-state index contributed by atoms with van der Waals surface area (Å²) in [6.07, 6.45) is 0.0260. The normalized spacial score (nSPS) is 17.1. The summed E-state index contributed by atoms with van der Waals surface area (Å²) in [6, 6.07) is 10.9. The molecule has 3 rings (SSSR count). The smallest absolute Gasteiger partial charge is 0.269 e. The van der Waals surface area contributed by atoms with Crippen molar-refractivity contribution in [3.05, 3.63) is 58.6 Å². The molecule has 0 unspecified atom stereocenters. The van der Waals surface area contributed by atoms with Crippen LogP contribution in [-0.2, 0) is 14.8 Å². The lowest BCUT2D eigenvalue weighted by Crippen LogP contribution is -2.37. The van der Waals surface area contributed by atoms with Crippen molar-refractivity contribution in [3.63, 3.8) is 0 Å². The molecule has 2 aromatic rings. The number of hydrogen-bond donors (Lipinski definition) is 1. The number of nitrogens with zero attached hydrogens (tertiary/aromatic N) is 2. The lowest BCUT2D eigenvalue weighted by molar-refractivity contribution is -0.384. The third-order valence-corrected chi connectivity index (χ3v) is 5.73. The van der Waals surface area contributed by atoms with Crippen molar-refractivity contribution in [3.8, 4) is 5.75 Å². The van der Waals surface area contributed by atoms with E-state index in [4.69, 9.17) is 4.74 Å². The van der Waals surface area contributed by atoms with E-state index in [1.165, 1.54) is 17.0 Å². The molecular formula is C17H17N3O6S. The van der Waals surface area contributed by atoms with Crippen LogP contribution in [0, 0.1) is 10.1 Å². The number of carbonyl (C=O) groups excluding carboxylic acids is 1. The van der Waals surface area contributed by atoms with Gasteiger partial charge >= 0.3 is 0 Å². The first kappa shape index (κ1) is 18.8. The van der Waals surface area contributed by atoms with E-state index < -0.39 is 21.0 Å². The lowest BCUT2D eigenvalue weighted by Gasteiger charge is -2.17. The van der Waals surface area contributed by atoms with Crippen LogP contribution in [0.5, 0.6) is 5.75 Å². The van der Waals surface area contributed by atoms with Gasteiger partial charge in [0, 0.05) is 36.8 Å². The Hall–Kier alpha value is -2.98. The van der Waals surface area contributed by atoms with Gasteiger partial charge in [0.05, 0.1) is 16.9 Å². The van der Waals surface area contributed by atoms with Crippen molar-refractivity contribution in [2.24, 2.45) is 0 Å². The highest BCUT2D eigenvalue weighted by atomic mass is 32.2. The zero-order chi connectivity index (χ0) is 19.6. The van der Waals surface area contributed by atoms with E-state index in [0.717, 1.165) is 12.1 Å². The average molecular weight is 391 g/mol. The van der Waals surface area contributed by atoms with Crippen molar-refractivity contribution < 1.29 is 22.9 Å². The largest absolute Gasteiger partial charge is 0.497 e. The summed E-state index contributed by atoms with van der Waals surface area (Å²) in [5.41, 5.74) is 0.452. The van der Waals surface area contributed by atoms with Crippen LogP contribution in [0.4, 0.5) is 11.4 Å². The van der Waals surface area contributed by atoms with Crippen LogP contribution in [0.2, 0.25) is 0 Å². The number of hydrogen-bond acceptors (Lipinski definition) is 6. The Bertz CT molecular complexity index is 957. The van der Waals surface area contributed by atoms with E-state index >= 15 is 0 Å². The predicted octanol–water partition coefficient (Wildman–Crippen LogP) is 1.69. The van der Waals surface area contributed by atoms with Gasteiger partial charge in [-0.2, -0.15) is 0 Å². The van der Waals surface area contributed by atoms with Crippen molar-refractivity contribution in [1.29, 1.82) is 0 Å². The van der Waals surface area contributed by atoms with Crippen LogP contribution < -0.4 is 14.4 Å². The number of benzene rings is 2. The second-order valence-electron chi connectivity index (χ2n) is 5.98. The molecule has 1 heterocycles. The highest BCUT2D eigenvalue weighted by Crippen LogP contribution is 2.25. The number of amides is 1. The maximum absolute atomic E-state index is 12.5. The van der Waals surface area contributed by atoms with Crippen molar-refractivity contribution in [1.82, 2.24) is 4.72 Å². The molecule has 0 radical (unpaired) electrons. The molecule has 27 heavy (non-hydrogen) atoms. The van der Waals surface area contributed by atoms with E-state index in [2.05, 4.69) is 4.72 Å². The van der Waals surface area contributed by atoms with Crippen LogP contribution in [0.1, 0.15) is 6.42 Å². The molecule has 1 aliphatic rings. The van der Waals surface area contributed by atoms with Gasteiger partial charge in [0.15, 0.2) is 0 Å². The number of non-ortho nitro benzene ring substituents is 1. The van der Waals surface area contributed by atoms with Crippen LogP contribution in [0.15, 0.2) is 53.4 Å². The molecule has 0 aromatic heterocycles. The second-order valence-corrected chi connectivity index (χ2v) is 7.69. The third-order valence-electron chi connectivity index (χ3n) is 4.19. The van der Waals surface area contributed by atoms with Gasteiger partial charge in [0.1, 0.15) is 5.75 Å². The molecule has 1 saturated heterocycles. The third kappa shape index (κ3) is 4.07. The van der Waals surface area contributed by atoms with Crippen LogP contribution in [0.3, 0.4) is 0 Å². The summed E-state index contributed by atoms with van der Waals surface area (Å²) in [7, 11) is -2.36. The number of nitro groups is 1. The molecule has 0 aliphatic carbocycles. The van der Waals surface area contributed by atoms with Gasteiger partial charge in [-0.05, 0) is 36.4 Å². The van der Waals surface area contributed by atoms with Gasteiger partial charge < -0.3 is 9.64 Å². The van der Waals surface area contributed by atoms with Gasteiger partial charge in [-0.25, -0.2) is 13.1 Å². The quantitative estimate of drug-likeness (QED) is 0.591. The minimum atomic E-state index is -3.90. The minimum Gasteiger partial charge on any atom is -0.497 e. The Morgan fingerprint density at radius 3 is 2.33 bits per heavy atom. The molecular weight excluding hydrogens is 374 g/mol. The SMILES string of the molecule is COc1ccc(N2C[C@H](NS(=O)(=O)c3ccc([N+](=O)[O-])cc3)CC2=O)cc1. The van der Waals surface area contributed by atoms with Gasteiger partial charge in [-0.3, -0.25) is 14.9 Å². The number of ether oxygens (including phenoxy) is 1. The Balaban J connectivity index is 1.72. The highest BCUT2D eigenvalue weighted by molar-refractivity contribution is 7.89. The summed E-state index contributed by atoms with van der Waals surface area (Å²) < 4.78 is 32.5. The molecule has 0 bridgehead atoms. The van der Waals surface area contributed by atoms with Crippen molar-refractivity contribution in [2.45, 2.75) is 17.4 Å². The fraction of sp³-hybridized carbons (Fsp3) is 0.235. The van der Waals surface area contributed by atoms with Gasteiger partial charge in [0.2, 0.25) is 15.9 Å². The number of rotatable bonds is 6. The number of nitro benzene ring substituents is 1. The number of sulfonamides is 1. The van der Waals surface area contributed by atoms with E-state index in [1.54, 1.807) is 31.4 Å². The topological polar surface area (TPSA) is 119 Å². The Morgan fingerprint density at radius 1 is 1.15 bits per heavy atom.